The highest BCUT2D eigenvalue weighted by Gasteiger charge is 2.38. The van der Waals surface area contributed by atoms with Crippen LogP contribution in [0.4, 0.5) is 0 Å². The maximum Gasteiger partial charge on any atom is 0.351 e. The summed E-state index contributed by atoms with van der Waals surface area (Å²) in [6.45, 7) is 0.964. The smallest absolute Gasteiger partial charge is 0.351 e. The molecule has 0 unspecified atom stereocenters. The van der Waals surface area contributed by atoms with E-state index in [1.54, 1.807) is 18.0 Å². The molecule has 10 nitrogen and oxygen atoms in total. The zero-order chi connectivity index (χ0) is 21.8. The van der Waals surface area contributed by atoms with Gasteiger partial charge in [-0.15, -0.1) is 11.8 Å². The van der Waals surface area contributed by atoms with Crippen molar-refractivity contribution in [1.82, 2.24) is 24.3 Å². The lowest BCUT2D eigenvalue weighted by Crippen LogP contribution is -2.30. The molecular formula is C20H21N5O5S. The molecule has 3 atom stereocenters. The molecule has 162 valence electrons. The Morgan fingerprint density at radius 3 is 2.84 bits per heavy atom. The summed E-state index contributed by atoms with van der Waals surface area (Å²) in [5, 5.41) is 13.7. The van der Waals surface area contributed by atoms with Gasteiger partial charge < -0.3 is 14.6 Å². The van der Waals surface area contributed by atoms with E-state index in [9.17, 15) is 14.7 Å². The summed E-state index contributed by atoms with van der Waals surface area (Å²) >= 11 is 1.59. The Labute approximate surface area is 181 Å². The lowest BCUT2D eigenvalue weighted by Gasteiger charge is -2.17. The van der Waals surface area contributed by atoms with Crippen LogP contribution in [-0.4, -0.2) is 54.2 Å². The highest BCUT2D eigenvalue weighted by molar-refractivity contribution is 7.98. The molecule has 4 rings (SSSR count). The number of aliphatic hydroxyl groups excluding tert-OH is 1. The van der Waals surface area contributed by atoms with Gasteiger partial charge in [0.25, 0.3) is 0 Å². The second-order valence-electron chi connectivity index (χ2n) is 6.92. The highest BCUT2D eigenvalue weighted by Crippen LogP contribution is 2.31. The Bertz CT molecular complexity index is 1090. The number of benzene rings is 1. The Balaban J connectivity index is 1.66. The van der Waals surface area contributed by atoms with Crippen molar-refractivity contribution in [2.45, 2.75) is 42.4 Å². The molecule has 0 bridgehead atoms. The number of thioether (sulfide) groups is 1. The SMILES string of the molecule is CC(=O)O[C@H]1C[C@H](n2cc(CSc3ccccc3)c(-n3cncn3)nc2=O)O[C@@H]1CO. The second-order valence-corrected chi connectivity index (χ2v) is 7.97. The summed E-state index contributed by atoms with van der Waals surface area (Å²) in [5.41, 5.74) is 0.211. The van der Waals surface area contributed by atoms with Crippen LogP contribution in [0, 0.1) is 0 Å². The summed E-state index contributed by atoms with van der Waals surface area (Å²) in [4.78, 5) is 33.4. The number of nitrogens with zero attached hydrogens (tertiary/aromatic N) is 5. The molecule has 1 fully saturated rings. The number of carbonyl (C=O) groups excluding carboxylic acids is 1. The first kappa shape index (κ1) is 21.2. The predicted octanol–water partition coefficient (Wildman–Crippen LogP) is 1.33. The summed E-state index contributed by atoms with van der Waals surface area (Å²) in [6.07, 6.45) is 2.70. The molecule has 0 saturated carbocycles. The van der Waals surface area contributed by atoms with Crippen molar-refractivity contribution in [1.29, 1.82) is 0 Å². The molecule has 3 aromatic rings. The maximum atomic E-state index is 12.8. The summed E-state index contributed by atoms with van der Waals surface area (Å²) < 4.78 is 13.8. The Kier molecular flexibility index (Phi) is 6.44. The number of aliphatic hydroxyl groups is 1. The van der Waals surface area contributed by atoms with E-state index in [0.717, 1.165) is 10.5 Å². The number of rotatable bonds is 7. The molecule has 31 heavy (non-hydrogen) atoms. The van der Waals surface area contributed by atoms with Gasteiger partial charge in [0.15, 0.2) is 5.82 Å². The van der Waals surface area contributed by atoms with Gasteiger partial charge in [-0.1, -0.05) is 18.2 Å². The fourth-order valence-corrected chi connectivity index (χ4v) is 4.25. The zero-order valence-corrected chi connectivity index (χ0v) is 17.5. The minimum atomic E-state index is -0.716. The summed E-state index contributed by atoms with van der Waals surface area (Å²) in [5.74, 6) is 0.436. The van der Waals surface area contributed by atoms with E-state index in [1.165, 1.54) is 28.8 Å². The fraction of sp³-hybridized carbons (Fsp3) is 0.350. The van der Waals surface area contributed by atoms with Gasteiger partial charge in [0.05, 0.1) is 6.61 Å². The van der Waals surface area contributed by atoms with Gasteiger partial charge in [0.2, 0.25) is 0 Å². The first-order chi connectivity index (χ1) is 15.0. The van der Waals surface area contributed by atoms with E-state index in [-0.39, 0.29) is 13.0 Å². The normalized spacial score (nSPS) is 20.6. The van der Waals surface area contributed by atoms with Gasteiger partial charge in [-0.05, 0) is 12.1 Å². The van der Waals surface area contributed by atoms with Crippen molar-refractivity contribution in [3.05, 3.63) is 65.2 Å². The van der Waals surface area contributed by atoms with E-state index in [0.29, 0.717) is 11.6 Å². The van der Waals surface area contributed by atoms with Gasteiger partial charge in [-0.3, -0.25) is 9.36 Å². The monoisotopic (exact) mass is 443 g/mol. The number of hydrogen-bond donors (Lipinski definition) is 1. The van der Waals surface area contributed by atoms with Crippen molar-refractivity contribution >= 4 is 17.7 Å². The molecule has 1 aliphatic heterocycles. The molecule has 0 amide bonds. The van der Waals surface area contributed by atoms with E-state index in [2.05, 4.69) is 15.1 Å². The Hall–Kier alpha value is -3.02. The van der Waals surface area contributed by atoms with Crippen LogP contribution in [0.2, 0.25) is 0 Å². The molecule has 0 aliphatic carbocycles. The van der Waals surface area contributed by atoms with Gasteiger partial charge in [0.1, 0.15) is 31.1 Å². The number of carbonyl (C=O) groups is 1. The van der Waals surface area contributed by atoms with Crippen LogP contribution in [0.5, 0.6) is 0 Å². The molecular weight excluding hydrogens is 422 g/mol. The molecule has 0 radical (unpaired) electrons. The highest BCUT2D eigenvalue weighted by atomic mass is 32.2. The second kappa shape index (κ2) is 9.41. The van der Waals surface area contributed by atoms with E-state index in [4.69, 9.17) is 9.47 Å². The van der Waals surface area contributed by atoms with Crippen molar-refractivity contribution in [3.63, 3.8) is 0 Å². The van der Waals surface area contributed by atoms with Crippen molar-refractivity contribution in [3.8, 4) is 5.82 Å². The maximum absolute atomic E-state index is 12.8. The van der Waals surface area contributed by atoms with E-state index in [1.807, 2.05) is 30.3 Å². The van der Waals surface area contributed by atoms with E-state index < -0.39 is 30.1 Å². The minimum absolute atomic E-state index is 0.236. The van der Waals surface area contributed by atoms with Gasteiger partial charge in [-0.2, -0.15) is 10.1 Å². The van der Waals surface area contributed by atoms with Crippen LogP contribution in [-0.2, 0) is 20.0 Å². The molecule has 11 heteroatoms. The lowest BCUT2D eigenvalue weighted by atomic mass is 10.2. The molecule has 1 saturated heterocycles. The van der Waals surface area contributed by atoms with Gasteiger partial charge in [-0.25, -0.2) is 14.5 Å². The quantitative estimate of drug-likeness (QED) is 0.426. The molecule has 1 aliphatic rings. The number of esters is 1. The van der Waals surface area contributed by atoms with Crippen LogP contribution < -0.4 is 5.69 Å². The van der Waals surface area contributed by atoms with Crippen LogP contribution in [0.3, 0.4) is 0 Å². The minimum Gasteiger partial charge on any atom is -0.460 e. The fourth-order valence-electron chi connectivity index (χ4n) is 3.38. The van der Waals surface area contributed by atoms with Crippen molar-refractivity contribution in [2.75, 3.05) is 6.61 Å². The molecule has 0 spiro atoms. The zero-order valence-electron chi connectivity index (χ0n) is 16.7. The summed E-state index contributed by atoms with van der Waals surface area (Å²) in [7, 11) is 0. The average molecular weight is 443 g/mol. The standard InChI is InChI=1S/C20H21N5O5S/c1-13(27)29-16-7-18(30-17(16)9-26)24-8-14(10-31-15-5-3-2-4-6-15)19(23-20(24)28)25-12-21-11-22-25/h2-6,8,11-12,16-18,26H,7,9-10H2,1H3/t16-,17+,18+/m0/s1. The largest absolute Gasteiger partial charge is 0.460 e. The topological polar surface area (TPSA) is 121 Å². The Morgan fingerprint density at radius 2 is 2.16 bits per heavy atom. The molecule has 3 heterocycles. The van der Waals surface area contributed by atoms with Crippen molar-refractivity contribution < 1.29 is 19.4 Å². The first-order valence-electron chi connectivity index (χ1n) is 9.63. The van der Waals surface area contributed by atoms with Crippen LogP contribution in [0.25, 0.3) is 5.82 Å². The Morgan fingerprint density at radius 1 is 1.35 bits per heavy atom. The third-order valence-electron chi connectivity index (χ3n) is 4.77. The van der Waals surface area contributed by atoms with Crippen LogP contribution in [0.1, 0.15) is 25.1 Å². The third-order valence-corrected chi connectivity index (χ3v) is 5.83. The van der Waals surface area contributed by atoms with Crippen LogP contribution in [0.15, 0.2) is 58.9 Å². The number of aromatic nitrogens is 5. The van der Waals surface area contributed by atoms with Gasteiger partial charge in [0, 0.05) is 35.8 Å². The predicted molar refractivity (Wildman–Crippen MR) is 111 cm³/mol. The third kappa shape index (κ3) is 4.84. The van der Waals surface area contributed by atoms with Crippen LogP contribution >= 0.6 is 11.8 Å². The van der Waals surface area contributed by atoms with Crippen molar-refractivity contribution in [2.24, 2.45) is 0 Å². The number of ether oxygens (including phenoxy) is 2. The average Bonchev–Trinajstić information content (AvgIpc) is 3.43. The van der Waals surface area contributed by atoms with Gasteiger partial charge >= 0.3 is 11.7 Å². The molecule has 1 aromatic carbocycles. The van der Waals surface area contributed by atoms with E-state index >= 15 is 0 Å². The summed E-state index contributed by atoms with van der Waals surface area (Å²) in [6, 6.07) is 9.85. The molecule has 1 N–H and O–H groups in total. The first-order valence-corrected chi connectivity index (χ1v) is 10.6. The molecule has 2 aromatic heterocycles. The lowest BCUT2D eigenvalue weighted by molar-refractivity contribution is -0.150. The number of hydrogen-bond acceptors (Lipinski definition) is 9.